The van der Waals surface area contributed by atoms with Gasteiger partial charge in [-0.15, -0.1) is 11.3 Å². The average Bonchev–Trinajstić information content (AvgIpc) is 3.08. The molecule has 1 fully saturated rings. The number of carbonyl (C=O) groups excluding carboxylic acids is 1. The summed E-state index contributed by atoms with van der Waals surface area (Å²) in [5.74, 6) is -0.392. The van der Waals surface area contributed by atoms with Gasteiger partial charge >= 0.3 is 0 Å². The number of hydrogen-bond acceptors (Lipinski definition) is 2. The second kappa shape index (κ2) is 6.37. The van der Waals surface area contributed by atoms with Crippen molar-refractivity contribution in [2.45, 2.75) is 18.9 Å². The van der Waals surface area contributed by atoms with E-state index in [0.717, 1.165) is 19.4 Å². The van der Waals surface area contributed by atoms with E-state index in [1.807, 2.05) is 0 Å². The number of benzene rings is 1. The maximum absolute atomic E-state index is 13.1. The van der Waals surface area contributed by atoms with Crippen LogP contribution in [0.1, 0.15) is 23.8 Å². The second-order valence-electron chi connectivity index (χ2n) is 5.35. The van der Waals surface area contributed by atoms with Gasteiger partial charge in [-0.2, -0.15) is 0 Å². The zero-order valence-electron chi connectivity index (χ0n) is 11.6. The van der Waals surface area contributed by atoms with Crippen LogP contribution in [0.2, 0.25) is 0 Å². The molecule has 1 aromatic carbocycles. The third kappa shape index (κ3) is 3.49. The summed E-state index contributed by atoms with van der Waals surface area (Å²) < 4.78 is 13.1. The highest BCUT2D eigenvalue weighted by Gasteiger charge is 2.32. The Kier molecular flexibility index (Phi) is 4.31. The molecule has 110 valence electrons. The summed E-state index contributed by atoms with van der Waals surface area (Å²) in [5.41, 5.74) is 0.520. The van der Waals surface area contributed by atoms with Crippen LogP contribution in [0.3, 0.4) is 0 Å². The lowest BCUT2D eigenvalue weighted by Gasteiger charge is -2.20. The van der Waals surface area contributed by atoms with Crippen molar-refractivity contribution in [1.29, 1.82) is 0 Å². The Balaban J connectivity index is 1.62. The van der Waals surface area contributed by atoms with Gasteiger partial charge in [0, 0.05) is 18.5 Å². The van der Waals surface area contributed by atoms with E-state index < -0.39 is 0 Å². The van der Waals surface area contributed by atoms with Crippen LogP contribution in [-0.2, 0) is 4.79 Å². The predicted molar refractivity (Wildman–Crippen MR) is 82.0 cm³/mol. The first-order chi connectivity index (χ1) is 10.2. The van der Waals surface area contributed by atoms with E-state index in [-0.39, 0.29) is 11.7 Å². The van der Waals surface area contributed by atoms with Crippen LogP contribution in [0.25, 0.3) is 0 Å². The van der Waals surface area contributed by atoms with E-state index in [1.165, 1.54) is 21.9 Å². The van der Waals surface area contributed by atoms with Crippen molar-refractivity contribution < 1.29 is 14.1 Å². The molecule has 5 heteroatoms. The fourth-order valence-corrected chi connectivity index (χ4v) is 3.85. The summed E-state index contributed by atoms with van der Waals surface area (Å²) in [6.45, 7) is 1.44. The predicted octanol–water partition coefficient (Wildman–Crippen LogP) is 2.25. The highest BCUT2D eigenvalue weighted by molar-refractivity contribution is 7.10. The first-order valence-electron chi connectivity index (χ1n) is 7.16. The summed E-state index contributed by atoms with van der Waals surface area (Å²) in [7, 11) is 0. The number of nitrogens with one attached hydrogen (secondary N) is 2. The van der Waals surface area contributed by atoms with E-state index in [4.69, 9.17) is 0 Å². The molecule has 0 saturated carbocycles. The molecule has 3 nitrogen and oxygen atoms in total. The molecule has 0 spiro atoms. The Morgan fingerprint density at radius 3 is 3.05 bits per heavy atom. The molecule has 1 unspecified atom stereocenters. The topological polar surface area (TPSA) is 33.5 Å². The maximum Gasteiger partial charge on any atom is 0.279 e. The van der Waals surface area contributed by atoms with Crippen molar-refractivity contribution in [1.82, 2.24) is 0 Å². The number of quaternary nitrogens is 1. The molecule has 2 N–H and O–H groups in total. The first-order valence-corrected chi connectivity index (χ1v) is 8.04. The lowest BCUT2D eigenvalue weighted by molar-refractivity contribution is -0.910. The molecule has 2 heterocycles. The smallest absolute Gasteiger partial charge is 0.279 e. The summed E-state index contributed by atoms with van der Waals surface area (Å²) in [4.78, 5) is 14.8. The van der Waals surface area contributed by atoms with E-state index in [0.29, 0.717) is 18.3 Å². The highest BCUT2D eigenvalue weighted by Crippen LogP contribution is 2.23. The van der Waals surface area contributed by atoms with Crippen molar-refractivity contribution in [3.63, 3.8) is 0 Å². The Hall–Kier alpha value is -1.72. The molecule has 1 aromatic heterocycles. The Labute approximate surface area is 127 Å². The van der Waals surface area contributed by atoms with Gasteiger partial charge in [0.15, 0.2) is 6.54 Å². The van der Waals surface area contributed by atoms with Gasteiger partial charge in [-0.3, -0.25) is 4.79 Å². The van der Waals surface area contributed by atoms with Gasteiger partial charge < -0.3 is 10.2 Å². The van der Waals surface area contributed by atoms with E-state index in [9.17, 15) is 9.18 Å². The molecule has 1 aliphatic rings. The molecule has 3 rings (SSSR count). The number of amides is 1. The third-order valence-electron chi connectivity index (χ3n) is 3.87. The molecule has 1 saturated heterocycles. The largest absolute Gasteiger partial charge is 0.321 e. The van der Waals surface area contributed by atoms with Crippen molar-refractivity contribution in [3.05, 3.63) is 52.5 Å². The molecule has 0 aliphatic carbocycles. The molecule has 0 bridgehead atoms. The standard InChI is InChI=1S/C16H17FN2OS/c17-12-4-1-5-13(10-12)18-16(20)11-19-8-2-6-14(19)15-7-3-9-21-15/h1,3-5,7,9-10,14H,2,6,8,11H2,(H,18,20)/p+1/t14-/m1/s1. The van der Waals surface area contributed by atoms with Gasteiger partial charge in [0.2, 0.25) is 0 Å². The minimum absolute atomic E-state index is 0.0564. The van der Waals surface area contributed by atoms with Crippen molar-refractivity contribution >= 4 is 22.9 Å². The Morgan fingerprint density at radius 1 is 1.38 bits per heavy atom. The zero-order valence-corrected chi connectivity index (χ0v) is 12.5. The molecule has 2 aromatic rings. The number of rotatable bonds is 4. The van der Waals surface area contributed by atoms with Gasteiger partial charge in [-0.25, -0.2) is 4.39 Å². The number of likely N-dealkylation sites (tertiary alicyclic amines) is 1. The summed E-state index contributed by atoms with van der Waals surface area (Å²) in [6, 6.07) is 10.6. The van der Waals surface area contributed by atoms with E-state index in [1.54, 1.807) is 23.5 Å². The Morgan fingerprint density at radius 2 is 2.29 bits per heavy atom. The number of carbonyl (C=O) groups is 1. The van der Waals surface area contributed by atoms with Crippen LogP contribution in [0.15, 0.2) is 41.8 Å². The molecule has 1 amide bonds. The summed E-state index contributed by atoms with van der Waals surface area (Å²) >= 11 is 1.75. The second-order valence-corrected chi connectivity index (χ2v) is 6.33. The van der Waals surface area contributed by atoms with Gasteiger partial charge in [0.25, 0.3) is 5.91 Å². The van der Waals surface area contributed by atoms with Crippen molar-refractivity contribution in [3.8, 4) is 0 Å². The minimum atomic E-state index is -0.335. The fourth-order valence-electron chi connectivity index (χ4n) is 2.93. The fraction of sp³-hybridized carbons (Fsp3) is 0.312. The van der Waals surface area contributed by atoms with E-state index in [2.05, 4.69) is 22.8 Å². The van der Waals surface area contributed by atoms with Gasteiger partial charge in [0.05, 0.1) is 11.4 Å². The molecule has 1 aliphatic heterocycles. The van der Waals surface area contributed by atoms with Gasteiger partial charge in [-0.05, 0) is 29.6 Å². The number of anilines is 1. The Bertz CT molecular complexity index is 614. The maximum atomic E-state index is 13.1. The third-order valence-corrected chi connectivity index (χ3v) is 4.85. The monoisotopic (exact) mass is 305 g/mol. The van der Waals surface area contributed by atoms with Crippen LogP contribution < -0.4 is 10.2 Å². The SMILES string of the molecule is O=C(C[NH+]1CCC[C@@H]1c1cccs1)Nc1cccc(F)c1. The molecular weight excluding hydrogens is 287 g/mol. The van der Waals surface area contributed by atoms with Crippen LogP contribution in [0.4, 0.5) is 10.1 Å². The lowest BCUT2D eigenvalue weighted by Crippen LogP contribution is -3.11. The van der Waals surface area contributed by atoms with Crippen LogP contribution in [0, 0.1) is 5.82 Å². The number of thiophene rings is 1. The normalized spacial score (nSPS) is 21.4. The van der Waals surface area contributed by atoms with Crippen LogP contribution in [0.5, 0.6) is 0 Å². The number of halogens is 1. The van der Waals surface area contributed by atoms with Gasteiger partial charge in [0.1, 0.15) is 11.9 Å². The van der Waals surface area contributed by atoms with Gasteiger partial charge in [-0.1, -0.05) is 12.1 Å². The van der Waals surface area contributed by atoms with Crippen molar-refractivity contribution in [2.75, 3.05) is 18.4 Å². The molecular formula is C16H18FN2OS+. The average molecular weight is 305 g/mol. The first kappa shape index (κ1) is 14.2. The molecule has 2 atom stereocenters. The highest BCUT2D eigenvalue weighted by atomic mass is 32.1. The lowest BCUT2D eigenvalue weighted by atomic mass is 10.2. The quantitative estimate of drug-likeness (QED) is 0.892. The summed E-state index contributed by atoms with van der Waals surface area (Å²) in [5, 5.41) is 4.86. The van der Waals surface area contributed by atoms with E-state index >= 15 is 0 Å². The minimum Gasteiger partial charge on any atom is -0.321 e. The summed E-state index contributed by atoms with van der Waals surface area (Å²) in [6.07, 6.45) is 2.27. The van der Waals surface area contributed by atoms with Crippen LogP contribution in [-0.4, -0.2) is 19.0 Å². The van der Waals surface area contributed by atoms with Crippen molar-refractivity contribution in [2.24, 2.45) is 0 Å². The molecule has 21 heavy (non-hydrogen) atoms. The zero-order chi connectivity index (χ0) is 14.7. The molecule has 0 radical (unpaired) electrons. The number of hydrogen-bond donors (Lipinski definition) is 2. The van der Waals surface area contributed by atoms with Crippen LogP contribution >= 0.6 is 11.3 Å².